The molecule has 0 saturated carbocycles. The molecule has 1 amide bonds. The molecule has 2 aromatic heterocycles. The number of nitrogens with zero attached hydrogens (tertiary/aromatic N) is 5. The number of hydrogen-bond donors (Lipinski definition) is 1. The van der Waals surface area contributed by atoms with E-state index in [0.717, 1.165) is 18.7 Å². The minimum atomic E-state index is -0.439. The van der Waals surface area contributed by atoms with Crippen molar-refractivity contribution in [3.63, 3.8) is 0 Å². The van der Waals surface area contributed by atoms with Gasteiger partial charge in [0, 0.05) is 31.4 Å². The van der Waals surface area contributed by atoms with Gasteiger partial charge in [0.15, 0.2) is 0 Å². The number of amides is 1. The fourth-order valence-electron chi connectivity index (χ4n) is 2.55. The van der Waals surface area contributed by atoms with Crippen LogP contribution >= 0.6 is 0 Å². The number of nitro groups is 1. The number of aromatic nitrogens is 4. The van der Waals surface area contributed by atoms with E-state index < -0.39 is 4.92 Å². The van der Waals surface area contributed by atoms with E-state index in [2.05, 4.69) is 15.5 Å². The fraction of sp³-hybridized carbons (Fsp3) is 0.533. The summed E-state index contributed by atoms with van der Waals surface area (Å²) in [5.41, 5.74) is 1.95. The smallest absolute Gasteiger partial charge is 0.312 e. The molecule has 1 N–H and O–H groups in total. The first kappa shape index (κ1) is 17.6. The van der Waals surface area contributed by atoms with Crippen LogP contribution in [-0.2, 0) is 17.9 Å². The minimum absolute atomic E-state index is 0.0185. The van der Waals surface area contributed by atoms with Gasteiger partial charge >= 0.3 is 5.69 Å². The number of aryl methyl sites for hydroxylation is 4. The number of carbonyl (C=O) groups is 1. The first-order valence-electron chi connectivity index (χ1n) is 7.83. The van der Waals surface area contributed by atoms with Gasteiger partial charge in [-0.15, -0.1) is 0 Å². The first-order chi connectivity index (χ1) is 11.4. The van der Waals surface area contributed by atoms with Crippen LogP contribution in [0.5, 0.6) is 0 Å². The van der Waals surface area contributed by atoms with Gasteiger partial charge in [0.1, 0.15) is 11.4 Å². The van der Waals surface area contributed by atoms with Gasteiger partial charge in [-0.1, -0.05) is 0 Å². The van der Waals surface area contributed by atoms with Crippen LogP contribution in [0.25, 0.3) is 0 Å². The standard InChI is InChI=1S/C15H22N6O3/c1-11-5-8-17-19(11)9-4-7-16-14(22)6-10-20-13(3)15(21(23)24)12(2)18-20/h5,8H,4,6-7,9-10H2,1-3H3,(H,16,22). The Labute approximate surface area is 139 Å². The molecule has 0 spiro atoms. The van der Waals surface area contributed by atoms with Gasteiger partial charge in [-0.2, -0.15) is 10.2 Å². The Morgan fingerprint density at radius 1 is 1.29 bits per heavy atom. The number of carbonyl (C=O) groups excluding carboxylic acids is 1. The molecule has 0 aromatic carbocycles. The molecule has 2 rings (SSSR count). The molecule has 9 nitrogen and oxygen atoms in total. The summed E-state index contributed by atoms with van der Waals surface area (Å²) in [5, 5.41) is 22.1. The van der Waals surface area contributed by atoms with Crippen molar-refractivity contribution in [1.82, 2.24) is 24.9 Å². The topological polar surface area (TPSA) is 108 Å². The summed E-state index contributed by atoms with van der Waals surface area (Å²) in [4.78, 5) is 22.4. The van der Waals surface area contributed by atoms with Crippen LogP contribution < -0.4 is 5.32 Å². The summed E-state index contributed by atoms with van der Waals surface area (Å²) in [6.45, 7) is 6.86. The van der Waals surface area contributed by atoms with Crippen LogP contribution in [0, 0.1) is 30.9 Å². The minimum Gasteiger partial charge on any atom is -0.356 e. The van der Waals surface area contributed by atoms with Gasteiger partial charge in [0.25, 0.3) is 0 Å². The summed E-state index contributed by atoms with van der Waals surface area (Å²) < 4.78 is 3.40. The molecular formula is C15H22N6O3. The highest BCUT2D eigenvalue weighted by Gasteiger charge is 2.21. The normalized spacial score (nSPS) is 10.8. The lowest BCUT2D eigenvalue weighted by Gasteiger charge is -2.07. The quantitative estimate of drug-likeness (QED) is 0.447. The molecule has 0 aliphatic rings. The van der Waals surface area contributed by atoms with Crippen molar-refractivity contribution in [2.75, 3.05) is 6.54 Å². The maximum Gasteiger partial charge on any atom is 0.312 e. The molecular weight excluding hydrogens is 312 g/mol. The van der Waals surface area contributed by atoms with Crippen LogP contribution in [0.3, 0.4) is 0 Å². The molecule has 2 heterocycles. The maximum absolute atomic E-state index is 11.9. The lowest BCUT2D eigenvalue weighted by molar-refractivity contribution is -0.386. The van der Waals surface area contributed by atoms with E-state index >= 15 is 0 Å². The zero-order valence-electron chi connectivity index (χ0n) is 14.2. The van der Waals surface area contributed by atoms with Crippen molar-refractivity contribution in [2.45, 2.75) is 46.7 Å². The second-order valence-corrected chi connectivity index (χ2v) is 5.65. The molecule has 0 saturated heterocycles. The van der Waals surface area contributed by atoms with Gasteiger partial charge in [0.05, 0.1) is 11.5 Å². The monoisotopic (exact) mass is 334 g/mol. The predicted octanol–water partition coefficient (Wildman–Crippen LogP) is 1.51. The van der Waals surface area contributed by atoms with Gasteiger partial charge < -0.3 is 5.32 Å². The molecule has 0 aliphatic carbocycles. The van der Waals surface area contributed by atoms with E-state index in [1.165, 1.54) is 4.68 Å². The maximum atomic E-state index is 11.9. The van der Waals surface area contributed by atoms with Gasteiger partial charge in [0.2, 0.25) is 5.91 Å². The Bertz CT molecular complexity index is 734. The zero-order valence-corrected chi connectivity index (χ0v) is 14.2. The van der Waals surface area contributed by atoms with Crippen molar-refractivity contribution in [1.29, 1.82) is 0 Å². The molecule has 24 heavy (non-hydrogen) atoms. The Balaban J connectivity index is 1.74. The average molecular weight is 334 g/mol. The fourth-order valence-corrected chi connectivity index (χ4v) is 2.55. The van der Waals surface area contributed by atoms with E-state index in [4.69, 9.17) is 0 Å². The number of nitrogens with one attached hydrogen (secondary N) is 1. The molecule has 0 atom stereocenters. The van der Waals surface area contributed by atoms with Crippen LogP contribution in [0.2, 0.25) is 0 Å². The highest BCUT2D eigenvalue weighted by Crippen LogP contribution is 2.21. The van der Waals surface area contributed by atoms with E-state index in [9.17, 15) is 14.9 Å². The van der Waals surface area contributed by atoms with Crippen LogP contribution in [-0.4, -0.2) is 36.9 Å². The molecule has 9 heteroatoms. The van der Waals surface area contributed by atoms with Gasteiger partial charge in [-0.25, -0.2) is 0 Å². The Morgan fingerprint density at radius 2 is 2.04 bits per heavy atom. The Morgan fingerprint density at radius 3 is 2.62 bits per heavy atom. The molecule has 0 fully saturated rings. The third-order valence-corrected chi connectivity index (χ3v) is 3.87. The molecule has 0 bridgehead atoms. The third kappa shape index (κ3) is 4.18. The lowest BCUT2D eigenvalue weighted by Crippen LogP contribution is -2.26. The van der Waals surface area contributed by atoms with Crippen molar-refractivity contribution >= 4 is 11.6 Å². The summed E-state index contributed by atoms with van der Waals surface area (Å²) in [5.74, 6) is -0.0950. The second kappa shape index (κ2) is 7.71. The van der Waals surface area contributed by atoms with Crippen LogP contribution in [0.4, 0.5) is 5.69 Å². The van der Waals surface area contributed by atoms with Crippen molar-refractivity contribution in [2.24, 2.45) is 0 Å². The SMILES string of the molecule is Cc1nn(CCC(=O)NCCCn2nccc2C)c(C)c1[N+](=O)[O-]. The summed E-state index contributed by atoms with van der Waals surface area (Å²) in [7, 11) is 0. The second-order valence-electron chi connectivity index (χ2n) is 5.65. The van der Waals surface area contributed by atoms with Crippen molar-refractivity contribution < 1.29 is 9.72 Å². The Kier molecular flexibility index (Phi) is 5.67. The summed E-state index contributed by atoms with van der Waals surface area (Å²) in [6, 6.07) is 1.94. The number of rotatable bonds is 8. The number of hydrogen-bond acceptors (Lipinski definition) is 5. The molecule has 0 aliphatic heterocycles. The highest BCUT2D eigenvalue weighted by atomic mass is 16.6. The highest BCUT2D eigenvalue weighted by molar-refractivity contribution is 5.75. The van der Waals surface area contributed by atoms with Crippen LogP contribution in [0.15, 0.2) is 12.3 Å². The third-order valence-electron chi connectivity index (χ3n) is 3.87. The lowest BCUT2D eigenvalue weighted by atomic mass is 10.3. The zero-order chi connectivity index (χ0) is 17.7. The first-order valence-corrected chi connectivity index (χ1v) is 7.83. The van der Waals surface area contributed by atoms with Crippen molar-refractivity contribution in [3.05, 3.63) is 39.5 Å². The molecule has 0 unspecified atom stereocenters. The largest absolute Gasteiger partial charge is 0.356 e. The van der Waals surface area contributed by atoms with Crippen LogP contribution in [0.1, 0.15) is 29.9 Å². The van der Waals surface area contributed by atoms with E-state index in [1.807, 2.05) is 17.7 Å². The predicted molar refractivity (Wildman–Crippen MR) is 87.6 cm³/mol. The molecule has 0 radical (unpaired) electrons. The average Bonchev–Trinajstić information content (AvgIpc) is 3.04. The van der Waals surface area contributed by atoms with Crippen molar-refractivity contribution in [3.8, 4) is 0 Å². The van der Waals surface area contributed by atoms with E-state index in [-0.39, 0.29) is 18.0 Å². The Hall–Kier alpha value is -2.71. The van der Waals surface area contributed by atoms with Gasteiger partial charge in [-0.3, -0.25) is 24.3 Å². The summed E-state index contributed by atoms with van der Waals surface area (Å²) >= 11 is 0. The van der Waals surface area contributed by atoms with E-state index in [1.54, 1.807) is 20.0 Å². The summed E-state index contributed by atoms with van der Waals surface area (Å²) in [6.07, 6.45) is 2.78. The van der Waals surface area contributed by atoms with Gasteiger partial charge in [-0.05, 0) is 33.3 Å². The van der Waals surface area contributed by atoms with E-state index in [0.29, 0.717) is 24.5 Å². The molecule has 130 valence electrons. The molecule has 2 aromatic rings.